The number of ether oxygens (including phenoxy) is 1. The van der Waals surface area contributed by atoms with Crippen molar-refractivity contribution in [1.82, 2.24) is 15.1 Å². The lowest BCUT2D eigenvalue weighted by Gasteiger charge is -2.14. The molecule has 0 fully saturated rings. The second-order valence-electron chi connectivity index (χ2n) is 5.41. The molecule has 5 nitrogen and oxygen atoms in total. The van der Waals surface area contributed by atoms with Gasteiger partial charge in [-0.05, 0) is 18.6 Å². The average molecular weight is 359 g/mol. The van der Waals surface area contributed by atoms with Gasteiger partial charge in [0.15, 0.2) is 0 Å². The third kappa shape index (κ3) is 5.28. The number of hydrogen-bond acceptors (Lipinski definition) is 3. The second kappa shape index (κ2) is 8.11. The average Bonchev–Trinajstić information content (AvgIpc) is 3.02. The summed E-state index contributed by atoms with van der Waals surface area (Å²) in [5.41, 5.74) is 2.60. The van der Waals surface area contributed by atoms with Crippen LogP contribution in [-0.4, -0.2) is 41.2 Å². The van der Waals surface area contributed by atoms with Gasteiger partial charge in [0.05, 0.1) is 11.9 Å². The van der Waals surface area contributed by atoms with E-state index >= 15 is 0 Å². The van der Waals surface area contributed by atoms with Crippen LogP contribution in [0.5, 0.6) is 0 Å². The minimum absolute atomic E-state index is 0.110. The standard InChI is InChI=1S/C16H17F4N3O2/c1-11-4-2-3-5-13(11)23-8-12(7-22-23)6-21-14(24)9-25-10-16(19,20)15(17)18/h2-5,7-8,15H,6,9-10H2,1H3,(H,21,24). The largest absolute Gasteiger partial charge is 0.365 e. The molecule has 1 amide bonds. The van der Waals surface area contributed by atoms with E-state index in [1.165, 1.54) is 0 Å². The number of aryl methyl sites for hydroxylation is 1. The van der Waals surface area contributed by atoms with E-state index in [1.807, 2.05) is 31.2 Å². The summed E-state index contributed by atoms with van der Waals surface area (Å²) < 4.78 is 55.1. The summed E-state index contributed by atoms with van der Waals surface area (Å²) in [7, 11) is 0. The van der Waals surface area contributed by atoms with E-state index in [-0.39, 0.29) is 6.54 Å². The predicted octanol–water partition coefficient (Wildman–Crippen LogP) is 2.71. The van der Waals surface area contributed by atoms with Crippen molar-refractivity contribution in [3.8, 4) is 5.69 Å². The number of carbonyl (C=O) groups excluding carboxylic acids is 1. The van der Waals surface area contributed by atoms with Crippen molar-refractivity contribution in [2.45, 2.75) is 25.8 Å². The highest BCUT2D eigenvalue weighted by molar-refractivity contribution is 5.77. The molecule has 0 aliphatic carbocycles. The second-order valence-corrected chi connectivity index (χ2v) is 5.41. The number of hydrogen-bond donors (Lipinski definition) is 1. The third-order valence-corrected chi connectivity index (χ3v) is 3.33. The van der Waals surface area contributed by atoms with Crippen LogP contribution in [0.25, 0.3) is 5.69 Å². The Labute approximate surface area is 141 Å². The van der Waals surface area contributed by atoms with Gasteiger partial charge < -0.3 is 10.1 Å². The molecule has 0 aliphatic heterocycles. The van der Waals surface area contributed by atoms with Gasteiger partial charge in [0, 0.05) is 18.3 Å². The molecule has 0 bridgehead atoms. The Morgan fingerprint density at radius 3 is 2.76 bits per heavy atom. The zero-order chi connectivity index (χ0) is 18.4. The van der Waals surface area contributed by atoms with Crippen LogP contribution < -0.4 is 5.32 Å². The molecule has 9 heteroatoms. The first-order chi connectivity index (χ1) is 11.8. The zero-order valence-corrected chi connectivity index (χ0v) is 13.4. The Kier molecular flexibility index (Phi) is 6.13. The van der Waals surface area contributed by atoms with Crippen LogP contribution in [0.3, 0.4) is 0 Å². The van der Waals surface area contributed by atoms with Crippen molar-refractivity contribution in [1.29, 1.82) is 0 Å². The third-order valence-electron chi connectivity index (χ3n) is 3.33. The van der Waals surface area contributed by atoms with E-state index in [4.69, 9.17) is 0 Å². The summed E-state index contributed by atoms with van der Waals surface area (Å²) in [4.78, 5) is 11.5. The van der Waals surface area contributed by atoms with E-state index in [0.717, 1.165) is 11.3 Å². The lowest BCUT2D eigenvalue weighted by Crippen LogP contribution is -2.35. The lowest BCUT2D eigenvalue weighted by molar-refractivity contribution is -0.168. The molecule has 2 rings (SSSR count). The quantitative estimate of drug-likeness (QED) is 0.738. The van der Waals surface area contributed by atoms with Crippen molar-refractivity contribution in [3.63, 3.8) is 0 Å². The highest BCUT2D eigenvalue weighted by Crippen LogP contribution is 2.22. The number of carbonyl (C=O) groups is 1. The maximum Gasteiger partial charge on any atom is 0.330 e. The first kappa shape index (κ1) is 18.9. The number of aromatic nitrogens is 2. The number of para-hydroxylation sites is 1. The van der Waals surface area contributed by atoms with Gasteiger partial charge in [-0.15, -0.1) is 0 Å². The Hall–Kier alpha value is -2.42. The highest BCUT2D eigenvalue weighted by Gasteiger charge is 2.41. The lowest BCUT2D eigenvalue weighted by atomic mass is 10.2. The van der Waals surface area contributed by atoms with Crippen LogP contribution in [-0.2, 0) is 16.1 Å². The number of benzene rings is 1. The van der Waals surface area contributed by atoms with Gasteiger partial charge in [-0.1, -0.05) is 18.2 Å². The first-order valence-electron chi connectivity index (χ1n) is 7.39. The van der Waals surface area contributed by atoms with Gasteiger partial charge in [-0.3, -0.25) is 4.79 Å². The molecule has 0 atom stereocenters. The fourth-order valence-electron chi connectivity index (χ4n) is 2.00. The number of amides is 1. The smallest absolute Gasteiger partial charge is 0.330 e. The van der Waals surface area contributed by atoms with Crippen LogP contribution in [0.1, 0.15) is 11.1 Å². The van der Waals surface area contributed by atoms with Crippen molar-refractivity contribution in [3.05, 3.63) is 47.8 Å². The number of nitrogens with one attached hydrogen (secondary N) is 1. The van der Waals surface area contributed by atoms with Gasteiger partial charge in [-0.25, -0.2) is 13.5 Å². The monoisotopic (exact) mass is 359 g/mol. The maximum absolute atomic E-state index is 12.6. The molecule has 1 aromatic carbocycles. The van der Waals surface area contributed by atoms with Crippen LogP contribution in [0.15, 0.2) is 36.7 Å². The fraction of sp³-hybridized carbons (Fsp3) is 0.375. The molecule has 0 unspecified atom stereocenters. The molecule has 1 N–H and O–H groups in total. The van der Waals surface area contributed by atoms with Gasteiger partial charge in [0.2, 0.25) is 5.91 Å². The van der Waals surface area contributed by atoms with Crippen molar-refractivity contribution in [2.24, 2.45) is 0 Å². The van der Waals surface area contributed by atoms with Gasteiger partial charge in [0.25, 0.3) is 0 Å². The maximum atomic E-state index is 12.6. The number of halogens is 4. The SMILES string of the molecule is Cc1ccccc1-n1cc(CNC(=O)COCC(F)(F)C(F)F)cn1. The number of nitrogens with zero attached hydrogens (tertiary/aromatic N) is 2. The van der Waals surface area contributed by atoms with Crippen LogP contribution in [0, 0.1) is 6.92 Å². The summed E-state index contributed by atoms with van der Waals surface area (Å²) in [6.45, 7) is -0.193. The molecule has 0 aliphatic rings. The normalized spacial score (nSPS) is 11.8. The topological polar surface area (TPSA) is 56.2 Å². The molecule has 136 valence electrons. The Balaban J connectivity index is 1.80. The van der Waals surface area contributed by atoms with E-state index in [9.17, 15) is 22.4 Å². The molecule has 0 radical (unpaired) electrons. The summed E-state index contributed by atoms with van der Waals surface area (Å²) in [6, 6.07) is 7.60. The molecule has 25 heavy (non-hydrogen) atoms. The van der Waals surface area contributed by atoms with E-state index in [1.54, 1.807) is 17.1 Å². The summed E-state index contributed by atoms with van der Waals surface area (Å²) in [5, 5.41) is 6.63. The van der Waals surface area contributed by atoms with Crippen LogP contribution >= 0.6 is 0 Å². The summed E-state index contributed by atoms with van der Waals surface area (Å²) in [5.74, 6) is -4.96. The zero-order valence-electron chi connectivity index (χ0n) is 13.4. The number of rotatable bonds is 8. The van der Waals surface area contributed by atoms with Crippen LogP contribution in [0.2, 0.25) is 0 Å². The van der Waals surface area contributed by atoms with Crippen molar-refractivity contribution >= 4 is 5.91 Å². The summed E-state index contributed by atoms with van der Waals surface area (Å²) in [6.07, 6.45) is -0.560. The molecule has 1 aromatic heterocycles. The molecule has 0 saturated heterocycles. The van der Waals surface area contributed by atoms with E-state index in [0.29, 0.717) is 5.56 Å². The first-order valence-corrected chi connectivity index (χ1v) is 7.39. The predicted molar refractivity (Wildman–Crippen MR) is 81.9 cm³/mol. The van der Waals surface area contributed by atoms with Gasteiger partial charge >= 0.3 is 12.3 Å². The van der Waals surface area contributed by atoms with Crippen molar-refractivity contribution < 1.29 is 27.1 Å². The molecule has 1 heterocycles. The molecular weight excluding hydrogens is 342 g/mol. The molecule has 2 aromatic rings. The number of alkyl halides is 4. The van der Waals surface area contributed by atoms with E-state index in [2.05, 4.69) is 15.2 Å². The van der Waals surface area contributed by atoms with Crippen LogP contribution in [0.4, 0.5) is 17.6 Å². The fourth-order valence-corrected chi connectivity index (χ4v) is 2.00. The Bertz CT molecular complexity index is 719. The summed E-state index contributed by atoms with van der Waals surface area (Å²) >= 11 is 0. The van der Waals surface area contributed by atoms with Gasteiger partial charge in [-0.2, -0.15) is 13.9 Å². The molecule has 0 saturated carbocycles. The van der Waals surface area contributed by atoms with Gasteiger partial charge in [0.1, 0.15) is 13.2 Å². The Morgan fingerprint density at radius 1 is 1.36 bits per heavy atom. The minimum atomic E-state index is -4.27. The molecule has 0 spiro atoms. The minimum Gasteiger partial charge on any atom is -0.365 e. The molecular formula is C16H17F4N3O2. The Morgan fingerprint density at radius 2 is 2.08 bits per heavy atom. The van der Waals surface area contributed by atoms with Crippen molar-refractivity contribution in [2.75, 3.05) is 13.2 Å². The highest BCUT2D eigenvalue weighted by atomic mass is 19.3. The van der Waals surface area contributed by atoms with E-state index < -0.39 is 31.5 Å².